The predicted octanol–water partition coefficient (Wildman–Crippen LogP) is 1.21. The number of pyridine rings is 1. The van der Waals surface area contributed by atoms with E-state index in [2.05, 4.69) is 15.6 Å². The second kappa shape index (κ2) is 7.09. The van der Waals surface area contributed by atoms with Crippen molar-refractivity contribution in [2.45, 2.75) is 26.8 Å². The predicted molar refractivity (Wildman–Crippen MR) is 78.4 cm³/mol. The smallest absolute Gasteiger partial charge is 0.272 e. The summed E-state index contributed by atoms with van der Waals surface area (Å²) in [6, 6.07) is 2.31. The number of nitrogens with zero attached hydrogens (tertiary/aromatic N) is 1. The first-order valence-corrected chi connectivity index (χ1v) is 6.69. The van der Waals surface area contributed by atoms with Gasteiger partial charge in [-0.05, 0) is 25.0 Å². The molecule has 0 fully saturated rings. The number of nitrogens with two attached hydrogens (primary N) is 1. The molecule has 0 aromatic carbocycles. The molecular formula is C13H19ClN4O2. The number of carbonyl (C=O) groups is 2. The van der Waals surface area contributed by atoms with E-state index in [1.54, 1.807) is 6.92 Å². The van der Waals surface area contributed by atoms with Crippen LogP contribution in [0.3, 0.4) is 0 Å². The Bertz CT molecular complexity index is 505. The first kappa shape index (κ1) is 16.2. The lowest BCUT2D eigenvalue weighted by molar-refractivity contribution is -0.122. The lowest BCUT2D eigenvalue weighted by Crippen LogP contribution is -2.45. The third-order valence-corrected chi connectivity index (χ3v) is 2.81. The van der Waals surface area contributed by atoms with Crippen LogP contribution in [0.2, 0.25) is 5.02 Å². The van der Waals surface area contributed by atoms with Gasteiger partial charge in [0.25, 0.3) is 5.91 Å². The van der Waals surface area contributed by atoms with Gasteiger partial charge in [-0.2, -0.15) is 0 Å². The lowest BCUT2D eigenvalue weighted by atomic mass is 10.2. The summed E-state index contributed by atoms with van der Waals surface area (Å²) in [6.07, 6.45) is 0. The molecular weight excluding hydrogens is 280 g/mol. The molecule has 0 saturated heterocycles. The van der Waals surface area contributed by atoms with Gasteiger partial charge in [0.05, 0.1) is 5.02 Å². The molecule has 0 aliphatic rings. The summed E-state index contributed by atoms with van der Waals surface area (Å²) >= 11 is 5.88. The Hall–Kier alpha value is -1.82. The number of nitrogens with one attached hydrogen (secondary N) is 2. The topological polar surface area (TPSA) is 97.1 Å². The molecule has 1 atom stereocenters. The zero-order chi connectivity index (χ0) is 15.3. The van der Waals surface area contributed by atoms with E-state index >= 15 is 0 Å². The molecule has 0 saturated carbocycles. The van der Waals surface area contributed by atoms with E-state index in [0.29, 0.717) is 12.5 Å². The van der Waals surface area contributed by atoms with E-state index in [-0.39, 0.29) is 22.4 Å². The van der Waals surface area contributed by atoms with Gasteiger partial charge in [0.2, 0.25) is 5.91 Å². The van der Waals surface area contributed by atoms with Gasteiger partial charge >= 0.3 is 0 Å². The van der Waals surface area contributed by atoms with E-state index in [1.807, 2.05) is 13.8 Å². The third-order valence-electron chi connectivity index (χ3n) is 2.51. The highest BCUT2D eigenvalue weighted by Gasteiger charge is 2.19. The van der Waals surface area contributed by atoms with Crippen molar-refractivity contribution in [3.8, 4) is 0 Å². The van der Waals surface area contributed by atoms with Crippen molar-refractivity contribution in [3.05, 3.63) is 22.8 Å². The summed E-state index contributed by atoms with van der Waals surface area (Å²) in [5.41, 5.74) is 5.52. The minimum atomic E-state index is -0.680. The molecule has 2 amide bonds. The van der Waals surface area contributed by atoms with Crippen LogP contribution in [0.25, 0.3) is 0 Å². The van der Waals surface area contributed by atoms with Crippen molar-refractivity contribution in [2.75, 3.05) is 12.3 Å². The zero-order valence-corrected chi connectivity index (χ0v) is 12.5. The van der Waals surface area contributed by atoms with Crippen LogP contribution in [0.5, 0.6) is 0 Å². The lowest BCUT2D eigenvalue weighted by Gasteiger charge is -2.15. The number of nitrogen functional groups attached to an aromatic ring is 1. The first-order valence-electron chi connectivity index (χ1n) is 6.32. The fourth-order valence-electron chi connectivity index (χ4n) is 1.40. The Morgan fingerprint density at radius 3 is 2.60 bits per heavy atom. The largest absolute Gasteiger partial charge is 0.384 e. The molecule has 1 aromatic heterocycles. The molecule has 0 spiro atoms. The van der Waals surface area contributed by atoms with E-state index in [9.17, 15) is 9.59 Å². The molecule has 1 aromatic rings. The van der Waals surface area contributed by atoms with Gasteiger partial charge in [0.1, 0.15) is 17.6 Å². The van der Waals surface area contributed by atoms with E-state index in [0.717, 1.165) is 0 Å². The molecule has 1 unspecified atom stereocenters. The number of amides is 2. The average Bonchev–Trinajstić information content (AvgIpc) is 2.38. The highest BCUT2D eigenvalue weighted by molar-refractivity contribution is 6.33. The van der Waals surface area contributed by atoms with Gasteiger partial charge in [-0.1, -0.05) is 25.4 Å². The Balaban J connectivity index is 2.65. The fraction of sp³-hybridized carbons (Fsp3) is 0.462. The van der Waals surface area contributed by atoms with Crippen LogP contribution in [0, 0.1) is 5.92 Å². The molecule has 0 aliphatic heterocycles. The summed E-state index contributed by atoms with van der Waals surface area (Å²) in [6.45, 7) is 6.12. The van der Waals surface area contributed by atoms with Crippen LogP contribution in [-0.2, 0) is 4.79 Å². The third kappa shape index (κ3) is 4.70. The highest BCUT2D eigenvalue weighted by Crippen LogP contribution is 2.15. The second-order valence-electron chi connectivity index (χ2n) is 4.90. The molecule has 20 heavy (non-hydrogen) atoms. The van der Waals surface area contributed by atoms with Crippen molar-refractivity contribution in [1.29, 1.82) is 0 Å². The molecule has 0 bridgehead atoms. The van der Waals surface area contributed by atoms with Gasteiger partial charge in [-0.25, -0.2) is 4.98 Å². The van der Waals surface area contributed by atoms with Gasteiger partial charge in [-0.15, -0.1) is 0 Å². The maximum atomic E-state index is 12.0. The Labute approximate surface area is 123 Å². The van der Waals surface area contributed by atoms with Crippen LogP contribution < -0.4 is 16.4 Å². The Morgan fingerprint density at radius 2 is 2.00 bits per heavy atom. The quantitative estimate of drug-likeness (QED) is 0.761. The van der Waals surface area contributed by atoms with Crippen molar-refractivity contribution < 1.29 is 9.59 Å². The molecule has 0 radical (unpaired) electrons. The van der Waals surface area contributed by atoms with Crippen molar-refractivity contribution in [3.63, 3.8) is 0 Å². The highest BCUT2D eigenvalue weighted by atomic mass is 35.5. The molecule has 6 nitrogen and oxygen atoms in total. The number of hydrogen-bond acceptors (Lipinski definition) is 4. The van der Waals surface area contributed by atoms with E-state index in [1.165, 1.54) is 12.1 Å². The molecule has 110 valence electrons. The van der Waals surface area contributed by atoms with Crippen molar-refractivity contribution in [2.24, 2.45) is 5.92 Å². The summed E-state index contributed by atoms with van der Waals surface area (Å²) in [7, 11) is 0. The fourth-order valence-corrected chi connectivity index (χ4v) is 1.60. The summed E-state index contributed by atoms with van der Waals surface area (Å²) in [5, 5.41) is 5.45. The molecule has 1 heterocycles. The first-order chi connectivity index (χ1) is 9.31. The van der Waals surface area contributed by atoms with E-state index in [4.69, 9.17) is 17.3 Å². The van der Waals surface area contributed by atoms with Crippen LogP contribution >= 0.6 is 11.6 Å². The summed E-state index contributed by atoms with van der Waals surface area (Å²) in [4.78, 5) is 27.6. The van der Waals surface area contributed by atoms with Crippen LogP contribution in [0.15, 0.2) is 12.1 Å². The van der Waals surface area contributed by atoms with Crippen LogP contribution in [0.1, 0.15) is 31.3 Å². The molecule has 0 aliphatic carbocycles. The Morgan fingerprint density at radius 1 is 1.35 bits per heavy atom. The van der Waals surface area contributed by atoms with Crippen molar-refractivity contribution >= 4 is 29.2 Å². The number of carbonyl (C=O) groups excluding carboxylic acids is 2. The average molecular weight is 299 g/mol. The number of rotatable bonds is 5. The van der Waals surface area contributed by atoms with E-state index < -0.39 is 11.9 Å². The molecule has 1 rings (SSSR count). The van der Waals surface area contributed by atoms with Crippen LogP contribution in [0.4, 0.5) is 5.82 Å². The summed E-state index contributed by atoms with van der Waals surface area (Å²) in [5.74, 6) is -0.259. The number of aromatic nitrogens is 1. The standard InChI is InChI=1S/C13H19ClN4O2/c1-7(2)6-16-12(19)8(3)17-13(20)11-9(14)4-5-10(15)18-11/h4-5,7-8H,6H2,1-3H3,(H2,15,18)(H,16,19)(H,17,20). The normalized spacial score (nSPS) is 12.1. The van der Waals surface area contributed by atoms with Crippen LogP contribution in [-0.4, -0.2) is 29.4 Å². The van der Waals surface area contributed by atoms with Gasteiger partial charge < -0.3 is 16.4 Å². The molecule has 7 heteroatoms. The number of hydrogen-bond donors (Lipinski definition) is 3. The second-order valence-corrected chi connectivity index (χ2v) is 5.31. The SMILES string of the molecule is CC(C)CNC(=O)C(C)NC(=O)c1nc(N)ccc1Cl. The number of anilines is 1. The zero-order valence-electron chi connectivity index (χ0n) is 11.7. The maximum absolute atomic E-state index is 12.0. The van der Waals surface area contributed by atoms with Crippen molar-refractivity contribution in [1.82, 2.24) is 15.6 Å². The van der Waals surface area contributed by atoms with Gasteiger partial charge in [-0.3, -0.25) is 9.59 Å². The Kier molecular flexibility index (Phi) is 5.76. The minimum absolute atomic E-state index is 0.00942. The molecule has 4 N–H and O–H groups in total. The maximum Gasteiger partial charge on any atom is 0.272 e. The number of halogens is 1. The monoisotopic (exact) mass is 298 g/mol. The summed E-state index contributed by atoms with van der Waals surface area (Å²) < 4.78 is 0. The van der Waals surface area contributed by atoms with Gasteiger partial charge in [0, 0.05) is 6.54 Å². The van der Waals surface area contributed by atoms with Gasteiger partial charge in [0.15, 0.2) is 0 Å². The minimum Gasteiger partial charge on any atom is -0.384 e.